The molecule has 0 heterocycles. The number of para-hydroxylation sites is 1. The van der Waals surface area contributed by atoms with E-state index in [2.05, 4.69) is 10.6 Å². The number of carbonyl (C=O) groups is 2. The van der Waals surface area contributed by atoms with Crippen LogP contribution < -0.4 is 15.5 Å². The van der Waals surface area contributed by atoms with Crippen LogP contribution in [0.5, 0.6) is 0 Å². The van der Waals surface area contributed by atoms with Gasteiger partial charge in [0.1, 0.15) is 0 Å². The fourth-order valence-corrected chi connectivity index (χ4v) is 3.64. The number of nitrogens with one attached hydrogen (secondary N) is 3. The van der Waals surface area contributed by atoms with E-state index in [9.17, 15) is 9.59 Å². The lowest BCUT2D eigenvalue weighted by atomic mass is 10.1. The second-order valence-corrected chi connectivity index (χ2v) is 7.89. The number of amides is 2. The van der Waals surface area contributed by atoms with Crippen molar-refractivity contribution in [3.63, 3.8) is 0 Å². The van der Waals surface area contributed by atoms with E-state index in [1.807, 2.05) is 87.0 Å². The van der Waals surface area contributed by atoms with Gasteiger partial charge in [-0.2, -0.15) is 0 Å². The molecule has 3 aromatic rings. The molecule has 5 nitrogen and oxygen atoms in total. The van der Waals surface area contributed by atoms with Crippen molar-refractivity contribution in [2.24, 2.45) is 0 Å². The van der Waals surface area contributed by atoms with Gasteiger partial charge in [0.15, 0.2) is 12.6 Å². The van der Waals surface area contributed by atoms with Crippen LogP contribution in [-0.2, 0) is 9.59 Å². The van der Waals surface area contributed by atoms with E-state index in [-0.39, 0.29) is 24.4 Å². The Labute approximate surface area is 175 Å². The Morgan fingerprint density at radius 3 is 2.41 bits per heavy atom. The van der Waals surface area contributed by atoms with E-state index in [1.54, 1.807) is 11.8 Å². The molecular weight excluding hydrogens is 382 g/mol. The number of fused-ring (bicyclic) bond motifs is 1. The Morgan fingerprint density at radius 1 is 0.966 bits per heavy atom. The van der Waals surface area contributed by atoms with Crippen LogP contribution in [0.25, 0.3) is 10.8 Å². The number of quaternary nitrogens is 1. The van der Waals surface area contributed by atoms with E-state index in [1.165, 1.54) is 0 Å². The van der Waals surface area contributed by atoms with Crippen molar-refractivity contribution in [2.75, 3.05) is 30.5 Å². The maximum absolute atomic E-state index is 12.7. The summed E-state index contributed by atoms with van der Waals surface area (Å²) in [6, 6.07) is 21.2. The molecule has 6 heteroatoms. The van der Waals surface area contributed by atoms with Crippen LogP contribution in [-0.4, -0.2) is 37.7 Å². The molecule has 0 aliphatic carbocycles. The number of rotatable bonds is 7. The molecule has 0 aliphatic rings. The molecule has 29 heavy (non-hydrogen) atoms. The molecule has 0 bridgehead atoms. The van der Waals surface area contributed by atoms with E-state index >= 15 is 0 Å². The number of hydrogen-bond donors (Lipinski definition) is 3. The SMILES string of the molecule is CSc1ccccc1NC(=O)C[NH+](C)[C@H](C)C(=O)Nc1ccc2ccccc2c1. The zero-order valence-corrected chi connectivity index (χ0v) is 17.7. The van der Waals surface area contributed by atoms with Crippen molar-refractivity contribution in [3.8, 4) is 0 Å². The third-order valence-electron chi connectivity index (χ3n) is 4.97. The van der Waals surface area contributed by atoms with Crippen LogP contribution in [0.3, 0.4) is 0 Å². The molecule has 2 amide bonds. The molecule has 0 aliphatic heterocycles. The van der Waals surface area contributed by atoms with Crippen LogP contribution in [0.4, 0.5) is 11.4 Å². The minimum absolute atomic E-state index is 0.116. The first-order chi connectivity index (χ1) is 14.0. The number of carbonyl (C=O) groups excluding carboxylic acids is 2. The summed E-state index contributed by atoms with van der Waals surface area (Å²) in [5.41, 5.74) is 1.55. The van der Waals surface area contributed by atoms with Gasteiger partial charge in [0, 0.05) is 10.6 Å². The van der Waals surface area contributed by atoms with E-state index < -0.39 is 0 Å². The smallest absolute Gasteiger partial charge is 0.282 e. The van der Waals surface area contributed by atoms with Gasteiger partial charge in [-0.15, -0.1) is 11.8 Å². The number of likely N-dealkylation sites (N-methyl/N-ethyl adjacent to an activating group) is 1. The molecule has 3 N–H and O–H groups in total. The first-order valence-corrected chi connectivity index (χ1v) is 10.7. The van der Waals surface area contributed by atoms with Gasteiger partial charge in [-0.05, 0) is 48.2 Å². The molecule has 1 unspecified atom stereocenters. The summed E-state index contributed by atoms with van der Waals surface area (Å²) in [5.74, 6) is -0.232. The van der Waals surface area contributed by atoms with Crippen LogP contribution >= 0.6 is 11.8 Å². The molecule has 3 aromatic carbocycles. The monoisotopic (exact) mass is 408 g/mol. The maximum atomic E-state index is 12.7. The normalized spacial score (nSPS) is 12.9. The van der Waals surface area contributed by atoms with Crippen molar-refractivity contribution in [1.29, 1.82) is 0 Å². The molecule has 150 valence electrons. The van der Waals surface area contributed by atoms with Crippen molar-refractivity contribution in [3.05, 3.63) is 66.7 Å². The van der Waals surface area contributed by atoms with Gasteiger partial charge >= 0.3 is 0 Å². The fourth-order valence-electron chi connectivity index (χ4n) is 3.09. The fraction of sp³-hybridized carbons (Fsp3) is 0.217. The standard InChI is InChI=1S/C23H25N3O2S/c1-16(23(28)24-19-13-12-17-8-4-5-9-18(17)14-19)26(2)15-22(27)25-20-10-6-7-11-21(20)29-3/h4-14,16H,15H2,1-3H3,(H,24,28)(H,25,27)/p+1/t16-/m1/s1. The average Bonchev–Trinajstić information content (AvgIpc) is 2.73. The van der Waals surface area contributed by atoms with Gasteiger partial charge in [0.25, 0.3) is 11.8 Å². The Hall–Kier alpha value is -2.83. The predicted molar refractivity (Wildman–Crippen MR) is 121 cm³/mol. The Morgan fingerprint density at radius 2 is 1.66 bits per heavy atom. The lowest BCUT2D eigenvalue weighted by molar-refractivity contribution is -0.885. The molecule has 0 saturated heterocycles. The average molecular weight is 409 g/mol. The summed E-state index contributed by atoms with van der Waals surface area (Å²) in [7, 11) is 1.85. The Bertz CT molecular complexity index is 1020. The highest BCUT2D eigenvalue weighted by Gasteiger charge is 2.24. The van der Waals surface area contributed by atoms with E-state index in [4.69, 9.17) is 0 Å². The molecule has 3 rings (SSSR count). The molecule has 0 saturated carbocycles. The van der Waals surface area contributed by atoms with Gasteiger partial charge in [0.05, 0.1) is 12.7 Å². The van der Waals surface area contributed by atoms with Gasteiger partial charge in [0.2, 0.25) is 0 Å². The van der Waals surface area contributed by atoms with Crippen LogP contribution in [0.2, 0.25) is 0 Å². The topological polar surface area (TPSA) is 62.6 Å². The maximum Gasteiger partial charge on any atom is 0.282 e. The second-order valence-electron chi connectivity index (χ2n) is 7.04. The summed E-state index contributed by atoms with van der Waals surface area (Å²) in [6.07, 6.45) is 1.97. The third-order valence-corrected chi connectivity index (χ3v) is 5.77. The lowest BCUT2D eigenvalue weighted by Gasteiger charge is -2.21. The van der Waals surface area contributed by atoms with Crippen LogP contribution in [0.1, 0.15) is 6.92 Å². The quantitative estimate of drug-likeness (QED) is 0.527. The summed E-state index contributed by atoms with van der Waals surface area (Å²) >= 11 is 1.58. The molecule has 0 spiro atoms. The number of benzene rings is 3. The predicted octanol–water partition coefficient (Wildman–Crippen LogP) is 3.04. The first-order valence-electron chi connectivity index (χ1n) is 9.53. The second kappa shape index (κ2) is 9.58. The highest BCUT2D eigenvalue weighted by atomic mass is 32.2. The summed E-state index contributed by atoms with van der Waals surface area (Å²) in [4.78, 5) is 26.9. The molecule has 0 radical (unpaired) electrons. The minimum Gasteiger partial charge on any atom is -0.321 e. The molecule has 2 atom stereocenters. The molecule has 0 aromatic heterocycles. The first kappa shape index (κ1) is 20.9. The zero-order valence-electron chi connectivity index (χ0n) is 16.9. The van der Waals surface area contributed by atoms with Gasteiger partial charge < -0.3 is 15.5 Å². The summed E-state index contributed by atoms with van der Waals surface area (Å²) in [5, 5.41) is 8.11. The summed E-state index contributed by atoms with van der Waals surface area (Å²) in [6.45, 7) is 2.03. The number of anilines is 2. The summed E-state index contributed by atoms with van der Waals surface area (Å²) < 4.78 is 0. The largest absolute Gasteiger partial charge is 0.321 e. The number of thioether (sulfide) groups is 1. The third kappa shape index (κ3) is 5.37. The number of hydrogen-bond acceptors (Lipinski definition) is 3. The van der Waals surface area contributed by atoms with Gasteiger partial charge in [-0.25, -0.2) is 0 Å². The van der Waals surface area contributed by atoms with E-state index in [0.717, 1.165) is 31.9 Å². The van der Waals surface area contributed by atoms with Crippen molar-refractivity contribution in [1.82, 2.24) is 0 Å². The van der Waals surface area contributed by atoms with Crippen LogP contribution in [0, 0.1) is 0 Å². The van der Waals surface area contributed by atoms with Crippen molar-refractivity contribution in [2.45, 2.75) is 17.9 Å². The molecule has 0 fully saturated rings. The lowest BCUT2D eigenvalue weighted by Crippen LogP contribution is -3.14. The minimum atomic E-state index is -0.372. The Balaban J connectivity index is 1.58. The highest BCUT2D eigenvalue weighted by Crippen LogP contribution is 2.24. The Kier molecular flexibility index (Phi) is 6.90. The van der Waals surface area contributed by atoms with Crippen LogP contribution in [0.15, 0.2) is 71.6 Å². The van der Waals surface area contributed by atoms with Crippen molar-refractivity contribution >= 4 is 45.7 Å². The van der Waals surface area contributed by atoms with Gasteiger partial charge in [-0.3, -0.25) is 9.59 Å². The van der Waals surface area contributed by atoms with Crippen molar-refractivity contribution < 1.29 is 14.5 Å². The zero-order chi connectivity index (χ0) is 20.8. The van der Waals surface area contributed by atoms with E-state index in [0.29, 0.717) is 0 Å². The highest BCUT2D eigenvalue weighted by molar-refractivity contribution is 7.98. The van der Waals surface area contributed by atoms with Gasteiger partial charge in [-0.1, -0.05) is 42.5 Å². The molecular formula is C23H26N3O2S+.